The minimum absolute atomic E-state index is 0.216. The summed E-state index contributed by atoms with van der Waals surface area (Å²) in [7, 11) is 0. The number of primary amides is 1. The van der Waals surface area contributed by atoms with E-state index in [4.69, 9.17) is 15.5 Å². The number of hydrogen-bond donors (Lipinski definition) is 2. The van der Waals surface area contributed by atoms with Gasteiger partial charge >= 0.3 is 0 Å². The summed E-state index contributed by atoms with van der Waals surface area (Å²) in [6.45, 7) is 9.41. The maximum absolute atomic E-state index is 13.7. The van der Waals surface area contributed by atoms with E-state index >= 15 is 0 Å². The first-order chi connectivity index (χ1) is 14.2. The molecule has 0 spiro atoms. The van der Waals surface area contributed by atoms with Gasteiger partial charge in [0.2, 0.25) is 5.91 Å². The van der Waals surface area contributed by atoms with Crippen molar-refractivity contribution in [1.82, 2.24) is 14.9 Å². The Morgan fingerprint density at radius 1 is 1.23 bits per heavy atom. The number of nitrogens with two attached hydrogens (primary N) is 1. The summed E-state index contributed by atoms with van der Waals surface area (Å²) >= 11 is 0. The van der Waals surface area contributed by atoms with Crippen LogP contribution < -0.4 is 11.1 Å². The molecular formula is C23H29FN4O2. The molecule has 0 radical (unpaired) electrons. The van der Waals surface area contributed by atoms with Crippen molar-refractivity contribution in [2.75, 3.05) is 13.2 Å². The summed E-state index contributed by atoms with van der Waals surface area (Å²) in [5, 5.41) is 3.19. The molecule has 0 saturated heterocycles. The van der Waals surface area contributed by atoms with Crippen LogP contribution in [0.5, 0.6) is 0 Å². The van der Waals surface area contributed by atoms with Crippen molar-refractivity contribution < 1.29 is 13.9 Å². The van der Waals surface area contributed by atoms with Crippen LogP contribution in [-0.2, 0) is 22.6 Å². The smallest absolute Gasteiger partial charge is 0.237 e. The van der Waals surface area contributed by atoms with E-state index in [1.54, 1.807) is 26.8 Å². The summed E-state index contributed by atoms with van der Waals surface area (Å²) in [6, 6.07) is 11.1. The number of nitrogens with zero attached hydrogens (tertiary/aromatic N) is 2. The standard InChI is InChI=1S/C23H29FN4O2/c1-5-30-11-10-28-20-13-17(16-6-8-18(24)15(2)12-16)7-9-19(20)27-21(28)14-26-23(3,4)22(25)29/h6-9,12-13,26H,5,10-11,14H2,1-4H3,(H2,25,29). The molecule has 2 aromatic carbocycles. The van der Waals surface area contributed by atoms with Crippen LogP contribution in [0.3, 0.4) is 0 Å². The van der Waals surface area contributed by atoms with Crippen LogP contribution in [-0.4, -0.2) is 34.2 Å². The van der Waals surface area contributed by atoms with Crippen LogP contribution in [0, 0.1) is 12.7 Å². The van der Waals surface area contributed by atoms with Crippen molar-refractivity contribution >= 4 is 16.9 Å². The summed E-state index contributed by atoms with van der Waals surface area (Å²) in [4.78, 5) is 16.4. The van der Waals surface area contributed by atoms with Crippen LogP contribution in [0.25, 0.3) is 22.2 Å². The second-order valence-electron chi connectivity index (χ2n) is 7.89. The van der Waals surface area contributed by atoms with E-state index in [0.717, 1.165) is 28.0 Å². The highest BCUT2D eigenvalue weighted by molar-refractivity contribution is 5.84. The van der Waals surface area contributed by atoms with E-state index in [0.29, 0.717) is 31.9 Å². The lowest BCUT2D eigenvalue weighted by Gasteiger charge is -2.22. The molecule has 7 heteroatoms. The molecule has 0 aliphatic rings. The van der Waals surface area contributed by atoms with Crippen LogP contribution in [0.15, 0.2) is 36.4 Å². The fourth-order valence-corrected chi connectivity index (χ4v) is 3.25. The number of aryl methyl sites for hydroxylation is 1. The number of halogens is 1. The van der Waals surface area contributed by atoms with Gasteiger partial charge in [-0.25, -0.2) is 9.37 Å². The van der Waals surface area contributed by atoms with Gasteiger partial charge in [-0.15, -0.1) is 0 Å². The fourth-order valence-electron chi connectivity index (χ4n) is 3.25. The maximum atomic E-state index is 13.7. The van der Waals surface area contributed by atoms with Crippen LogP contribution in [0.1, 0.15) is 32.2 Å². The Morgan fingerprint density at radius 3 is 2.60 bits per heavy atom. The van der Waals surface area contributed by atoms with Gasteiger partial charge < -0.3 is 15.0 Å². The third kappa shape index (κ3) is 4.68. The van der Waals surface area contributed by atoms with Crippen molar-refractivity contribution in [3.8, 4) is 11.1 Å². The van der Waals surface area contributed by atoms with Gasteiger partial charge in [-0.1, -0.05) is 12.1 Å². The quantitative estimate of drug-likeness (QED) is 0.527. The number of hydrogen-bond acceptors (Lipinski definition) is 4. The first kappa shape index (κ1) is 21.9. The Morgan fingerprint density at radius 2 is 1.93 bits per heavy atom. The zero-order chi connectivity index (χ0) is 21.9. The highest BCUT2D eigenvalue weighted by Gasteiger charge is 2.25. The molecular weight excluding hydrogens is 383 g/mol. The SMILES string of the molecule is CCOCCn1c(CNC(C)(C)C(N)=O)nc2ccc(-c3ccc(F)c(C)c3)cc21. The van der Waals surface area contributed by atoms with Gasteiger partial charge in [-0.3, -0.25) is 10.1 Å². The predicted molar refractivity (Wildman–Crippen MR) is 116 cm³/mol. The van der Waals surface area contributed by atoms with Gasteiger partial charge in [-0.05, 0) is 68.7 Å². The van der Waals surface area contributed by atoms with E-state index in [2.05, 4.69) is 16.0 Å². The Hall–Kier alpha value is -2.77. The normalized spacial score (nSPS) is 11.9. The zero-order valence-corrected chi connectivity index (χ0v) is 18.0. The third-order valence-corrected chi connectivity index (χ3v) is 5.29. The molecule has 0 unspecified atom stereocenters. The average molecular weight is 413 g/mol. The molecule has 0 bridgehead atoms. The molecule has 3 aromatic rings. The van der Waals surface area contributed by atoms with Crippen molar-refractivity contribution in [2.24, 2.45) is 5.73 Å². The Kier molecular flexibility index (Phi) is 6.53. The van der Waals surface area contributed by atoms with Gasteiger partial charge in [0, 0.05) is 13.2 Å². The number of rotatable bonds is 9. The summed E-state index contributed by atoms with van der Waals surface area (Å²) in [5.41, 5.74) is 8.98. The first-order valence-electron chi connectivity index (χ1n) is 10.1. The molecule has 0 saturated carbocycles. The summed E-state index contributed by atoms with van der Waals surface area (Å²) < 4.78 is 21.3. The molecule has 1 heterocycles. The fraction of sp³-hybridized carbons (Fsp3) is 0.391. The second kappa shape index (κ2) is 8.93. The minimum atomic E-state index is -0.848. The maximum Gasteiger partial charge on any atom is 0.237 e. The Balaban J connectivity index is 2.00. The van der Waals surface area contributed by atoms with Crippen molar-refractivity contribution in [3.05, 3.63) is 53.6 Å². The number of benzene rings is 2. The van der Waals surface area contributed by atoms with E-state index in [-0.39, 0.29) is 5.82 Å². The summed E-state index contributed by atoms with van der Waals surface area (Å²) in [5.74, 6) is 0.159. The molecule has 1 amide bonds. The number of ether oxygens (including phenoxy) is 1. The van der Waals surface area contributed by atoms with E-state index in [1.165, 1.54) is 6.07 Å². The van der Waals surface area contributed by atoms with E-state index in [9.17, 15) is 9.18 Å². The third-order valence-electron chi connectivity index (χ3n) is 5.29. The molecule has 3 N–H and O–H groups in total. The van der Waals surface area contributed by atoms with Gasteiger partial charge in [0.1, 0.15) is 11.6 Å². The second-order valence-corrected chi connectivity index (χ2v) is 7.89. The molecule has 3 rings (SSSR count). The number of fused-ring (bicyclic) bond motifs is 1. The summed E-state index contributed by atoms with van der Waals surface area (Å²) in [6.07, 6.45) is 0. The average Bonchev–Trinajstić information content (AvgIpc) is 3.05. The molecule has 0 fully saturated rings. The van der Waals surface area contributed by atoms with Crippen LogP contribution in [0.4, 0.5) is 4.39 Å². The van der Waals surface area contributed by atoms with Crippen molar-refractivity contribution in [1.29, 1.82) is 0 Å². The molecule has 160 valence electrons. The van der Waals surface area contributed by atoms with E-state index in [1.807, 2.05) is 25.1 Å². The molecule has 0 aliphatic heterocycles. The molecule has 30 heavy (non-hydrogen) atoms. The predicted octanol–water partition coefficient (Wildman–Crippen LogP) is 3.54. The lowest BCUT2D eigenvalue weighted by atomic mass is 10.0. The Labute approximate surface area is 176 Å². The monoisotopic (exact) mass is 412 g/mol. The highest BCUT2D eigenvalue weighted by atomic mass is 19.1. The van der Waals surface area contributed by atoms with Crippen LogP contribution in [0.2, 0.25) is 0 Å². The van der Waals surface area contributed by atoms with E-state index < -0.39 is 11.4 Å². The van der Waals surface area contributed by atoms with Gasteiger partial charge in [0.15, 0.2) is 0 Å². The highest BCUT2D eigenvalue weighted by Crippen LogP contribution is 2.27. The largest absolute Gasteiger partial charge is 0.380 e. The molecule has 0 atom stereocenters. The van der Waals surface area contributed by atoms with Gasteiger partial charge in [0.05, 0.1) is 29.7 Å². The number of carbonyl (C=O) groups is 1. The number of carbonyl (C=O) groups excluding carboxylic acids is 1. The lowest BCUT2D eigenvalue weighted by Crippen LogP contribution is -2.50. The topological polar surface area (TPSA) is 82.2 Å². The van der Waals surface area contributed by atoms with Crippen LogP contribution >= 0.6 is 0 Å². The lowest BCUT2D eigenvalue weighted by molar-refractivity contribution is -0.123. The first-order valence-corrected chi connectivity index (χ1v) is 10.1. The zero-order valence-electron chi connectivity index (χ0n) is 18.0. The molecule has 6 nitrogen and oxygen atoms in total. The molecule has 1 aromatic heterocycles. The minimum Gasteiger partial charge on any atom is -0.380 e. The van der Waals surface area contributed by atoms with Crippen molar-refractivity contribution in [2.45, 2.75) is 46.3 Å². The van der Waals surface area contributed by atoms with Crippen molar-refractivity contribution in [3.63, 3.8) is 0 Å². The number of aromatic nitrogens is 2. The molecule has 0 aliphatic carbocycles. The van der Waals surface area contributed by atoms with Gasteiger partial charge in [-0.2, -0.15) is 0 Å². The number of amides is 1. The number of imidazole rings is 1. The Bertz CT molecular complexity index is 1060. The van der Waals surface area contributed by atoms with Gasteiger partial charge in [0.25, 0.3) is 0 Å². The number of nitrogens with one attached hydrogen (secondary N) is 1.